The summed E-state index contributed by atoms with van der Waals surface area (Å²) >= 11 is 6.38. The molecule has 0 unspecified atom stereocenters. The minimum atomic E-state index is 0.572. The Hall–Kier alpha value is -2.50. The normalized spacial score (nSPS) is 12.2. The zero-order valence-corrected chi connectivity index (χ0v) is 18.5. The van der Waals surface area contributed by atoms with Gasteiger partial charge >= 0.3 is 0 Å². The number of para-hydroxylation sites is 1. The van der Waals surface area contributed by atoms with Crippen LogP contribution >= 0.6 is 11.6 Å². The molecule has 0 aromatic heterocycles. The van der Waals surface area contributed by atoms with E-state index < -0.39 is 0 Å². The van der Waals surface area contributed by atoms with Crippen molar-refractivity contribution in [3.05, 3.63) is 65.2 Å². The molecule has 0 bridgehead atoms. The van der Waals surface area contributed by atoms with Gasteiger partial charge in [-0.1, -0.05) is 61.0 Å². The van der Waals surface area contributed by atoms with Crippen molar-refractivity contribution in [2.24, 2.45) is 4.99 Å². The molecule has 2 aromatic carbocycles. The van der Waals surface area contributed by atoms with Gasteiger partial charge in [-0.2, -0.15) is 0 Å². The lowest BCUT2D eigenvalue weighted by molar-refractivity contribution is 0.263. The van der Waals surface area contributed by atoms with Gasteiger partial charge in [0.05, 0.1) is 16.4 Å². The van der Waals surface area contributed by atoms with Crippen LogP contribution in [0.1, 0.15) is 18.9 Å². The van der Waals surface area contributed by atoms with Gasteiger partial charge in [0, 0.05) is 20.1 Å². The summed E-state index contributed by atoms with van der Waals surface area (Å²) in [6.45, 7) is 4.14. The number of ether oxygens (including phenoxy) is 1. The first-order valence-electron chi connectivity index (χ1n) is 9.83. The molecule has 2 rings (SSSR count). The number of nitrogens with one attached hydrogen (secondary N) is 2. The van der Waals surface area contributed by atoms with Gasteiger partial charge < -0.3 is 20.3 Å². The summed E-state index contributed by atoms with van der Waals surface area (Å²) in [5.74, 6) is 1.37. The van der Waals surface area contributed by atoms with E-state index in [-0.39, 0.29) is 0 Å². The number of rotatable bonds is 10. The van der Waals surface area contributed by atoms with E-state index in [4.69, 9.17) is 16.3 Å². The summed E-state index contributed by atoms with van der Waals surface area (Å²) in [4.78, 5) is 6.39. The SMILES string of the molecule is CC/C=C(/Cl)C(=NC)Nc1cccc(NCc2ccccc2)c1OCCN(C)C. The minimum Gasteiger partial charge on any atom is -0.488 e. The molecule has 0 spiro atoms. The van der Waals surface area contributed by atoms with E-state index in [0.717, 1.165) is 30.1 Å². The number of halogens is 1. The van der Waals surface area contributed by atoms with Crippen molar-refractivity contribution in [1.82, 2.24) is 4.90 Å². The third kappa shape index (κ3) is 7.44. The molecule has 0 heterocycles. The third-order valence-electron chi connectivity index (χ3n) is 4.21. The molecule has 0 aliphatic carbocycles. The number of aliphatic imine (C=N–C) groups is 1. The highest BCUT2D eigenvalue weighted by Crippen LogP contribution is 2.34. The molecule has 0 saturated carbocycles. The fourth-order valence-corrected chi connectivity index (χ4v) is 2.97. The van der Waals surface area contributed by atoms with Crippen LogP contribution in [0.4, 0.5) is 11.4 Å². The molecule has 0 amide bonds. The number of amidine groups is 1. The Balaban J connectivity index is 2.27. The smallest absolute Gasteiger partial charge is 0.165 e. The second-order valence-electron chi connectivity index (χ2n) is 6.83. The fraction of sp³-hybridized carbons (Fsp3) is 0.348. The molecule has 156 valence electrons. The summed E-state index contributed by atoms with van der Waals surface area (Å²) < 4.78 is 6.17. The molecular formula is C23H31ClN4O. The summed E-state index contributed by atoms with van der Waals surface area (Å²) in [5.41, 5.74) is 2.95. The Morgan fingerprint density at radius 1 is 1.10 bits per heavy atom. The Morgan fingerprint density at radius 2 is 1.83 bits per heavy atom. The third-order valence-corrected chi connectivity index (χ3v) is 4.55. The van der Waals surface area contributed by atoms with Gasteiger partial charge in [0.15, 0.2) is 5.75 Å². The van der Waals surface area contributed by atoms with Crippen molar-refractivity contribution >= 4 is 28.8 Å². The zero-order valence-electron chi connectivity index (χ0n) is 17.7. The molecule has 5 nitrogen and oxygen atoms in total. The minimum absolute atomic E-state index is 0.572. The van der Waals surface area contributed by atoms with Gasteiger partial charge in [0.1, 0.15) is 12.4 Å². The van der Waals surface area contributed by atoms with Crippen LogP contribution in [0.15, 0.2) is 64.6 Å². The number of allylic oxidation sites excluding steroid dienone is 1. The van der Waals surface area contributed by atoms with Crippen LogP contribution in [-0.4, -0.2) is 45.0 Å². The number of benzene rings is 2. The van der Waals surface area contributed by atoms with Crippen molar-refractivity contribution < 1.29 is 4.74 Å². The molecule has 0 radical (unpaired) electrons. The first-order chi connectivity index (χ1) is 14.0. The van der Waals surface area contributed by atoms with Crippen LogP contribution in [0.25, 0.3) is 0 Å². The Kier molecular flexibility index (Phi) is 9.54. The van der Waals surface area contributed by atoms with Crippen molar-refractivity contribution in [3.63, 3.8) is 0 Å². The Labute approximate surface area is 179 Å². The van der Waals surface area contributed by atoms with E-state index in [9.17, 15) is 0 Å². The number of nitrogens with zero attached hydrogens (tertiary/aromatic N) is 2. The van der Waals surface area contributed by atoms with Crippen molar-refractivity contribution in [1.29, 1.82) is 0 Å². The lowest BCUT2D eigenvalue weighted by Gasteiger charge is -2.20. The Bertz CT molecular complexity index is 819. The van der Waals surface area contributed by atoms with Gasteiger partial charge in [-0.25, -0.2) is 0 Å². The van der Waals surface area contributed by atoms with Gasteiger partial charge in [-0.3, -0.25) is 4.99 Å². The fourth-order valence-electron chi connectivity index (χ4n) is 2.68. The maximum Gasteiger partial charge on any atom is 0.165 e. The molecule has 0 fully saturated rings. The summed E-state index contributed by atoms with van der Waals surface area (Å²) in [6.07, 6.45) is 2.77. The van der Waals surface area contributed by atoms with Crippen molar-refractivity contribution in [2.45, 2.75) is 19.9 Å². The monoisotopic (exact) mass is 414 g/mol. The quantitative estimate of drug-likeness (QED) is 0.413. The lowest BCUT2D eigenvalue weighted by Crippen LogP contribution is -2.21. The highest BCUT2D eigenvalue weighted by molar-refractivity contribution is 6.45. The van der Waals surface area contributed by atoms with E-state index in [1.54, 1.807) is 7.05 Å². The van der Waals surface area contributed by atoms with E-state index in [1.165, 1.54) is 5.56 Å². The van der Waals surface area contributed by atoms with Gasteiger partial charge in [0.25, 0.3) is 0 Å². The van der Waals surface area contributed by atoms with Crippen LogP contribution < -0.4 is 15.4 Å². The average Bonchev–Trinajstić information content (AvgIpc) is 2.72. The molecule has 6 heteroatoms. The zero-order chi connectivity index (χ0) is 21.1. The summed E-state index contributed by atoms with van der Waals surface area (Å²) in [7, 11) is 5.77. The second-order valence-corrected chi connectivity index (χ2v) is 7.24. The first kappa shape index (κ1) is 22.8. The summed E-state index contributed by atoms with van der Waals surface area (Å²) in [5, 5.41) is 7.41. The van der Waals surface area contributed by atoms with Crippen LogP contribution in [0.3, 0.4) is 0 Å². The van der Waals surface area contributed by atoms with Gasteiger partial charge in [-0.05, 0) is 38.2 Å². The number of likely N-dealkylation sites (N-methyl/N-ethyl adjacent to an activating group) is 1. The van der Waals surface area contributed by atoms with Gasteiger partial charge in [0.2, 0.25) is 0 Å². The maximum atomic E-state index is 6.38. The molecule has 29 heavy (non-hydrogen) atoms. The predicted molar refractivity (Wildman–Crippen MR) is 125 cm³/mol. The molecule has 0 aliphatic rings. The second kappa shape index (κ2) is 12.1. The Morgan fingerprint density at radius 3 is 2.48 bits per heavy atom. The van der Waals surface area contributed by atoms with Crippen LogP contribution in [0.5, 0.6) is 5.75 Å². The topological polar surface area (TPSA) is 48.9 Å². The maximum absolute atomic E-state index is 6.38. The van der Waals surface area contributed by atoms with E-state index in [0.29, 0.717) is 24.0 Å². The van der Waals surface area contributed by atoms with Crippen LogP contribution in [-0.2, 0) is 6.54 Å². The predicted octanol–water partition coefficient (Wildman–Crippen LogP) is 5.21. The lowest BCUT2D eigenvalue weighted by atomic mass is 10.2. The molecule has 2 N–H and O–H groups in total. The van der Waals surface area contributed by atoms with Crippen molar-refractivity contribution in [2.75, 3.05) is 44.9 Å². The van der Waals surface area contributed by atoms with Crippen LogP contribution in [0.2, 0.25) is 0 Å². The number of hydrogen-bond acceptors (Lipinski definition) is 4. The van der Waals surface area contributed by atoms with Crippen molar-refractivity contribution in [3.8, 4) is 5.75 Å². The van der Waals surface area contributed by atoms with Gasteiger partial charge in [-0.15, -0.1) is 0 Å². The largest absolute Gasteiger partial charge is 0.488 e. The first-order valence-corrected chi connectivity index (χ1v) is 10.2. The number of hydrogen-bond donors (Lipinski definition) is 2. The van der Waals surface area contributed by atoms with E-state index in [1.807, 2.05) is 63.5 Å². The summed E-state index contributed by atoms with van der Waals surface area (Å²) in [6, 6.07) is 16.3. The molecule has 0 atom stereocenters. The highest BCUT2D eigenvalue weighted by Gasteiger charge is 2.13. The standard InChI is InChI=1S/C23H31ClN4O/c1-5-10-19(24)23(25-2)27-21-14-9-13-20(22(21)29-16-15-28(3)4)26-17-18-11-7-6-8-12-18/h6-14,26H,5,15-17H2,1-4H3,(H,25,27)/b19-10+. The average molecular weight is 415 g/mol. The molecule has 0 aliphatic heterocycles. The van der Waals surface area contributed by atoms with E-state index in [2.05, 4.69) is 32.7 Å². The highest BCUT2D eigenvalue weighted by atomic mass is 35.5. The number of anilines is 2. The molecular weight excluding hydrogens is 384 g/mol. The molecule has 2 aromatic rings. The van der Waals surface area contributed by atoms with Crippen LogP contribution in [0, 0.1) is 0 Å². The molecule has 0 saturated heterocycles. The van der Waals surface area contributed by atoms with E-state index >= 15 is 0 Å².